The molecule has 2 fully saturated rings. The van der Waals surface area contributed by atoms with Gasteiger partial charge in [-0.05, 0) is 53.1 Å². The number of alkyl halides is 4. The summed E-state index contributed by atoms with van der Waals surface area (Å²) >= 11 is 11.8. The molecule has 2 unspecified atom stereocenters. The van der Waals surface area contributed by atoms with Gasteiger partial charge in [-0.3, -0.25) is 23.7 Å². The number of benzene rings is 2. The van der Waals surface area contributed by atoms with E-state index < -0.39 is 35.3 Å². The number of nitrogens with two attached hydrogens (primary N) is 3. The van der Waals surface area contributed by atoms with E-state index in [-0.39, 0.29) is 108 Å². The van der Waals surface area contributed by atoms with Crippen LogP contribution in [-0.2, 0) is 17.9 Å². The lowest BCUT2D eigenvalue weighted by Crippen LogP contribution is -2.47. The summed E-state index contributed by atoms with van der Waals surface area (Å²) < 4.78 is 86.4. The third-order valence-corrected chi connectivity index (χ3v) is 12.5. The van der Waals surface area contributed by atoms with Gasteiger partial charge in [-0.15, -0.1) is 0 Å². The second-order valence-corrected chi connectivity index (χ2v) is 20.1. The third-order valence-electron chi connectivity index (χ3n) is 12.0. The maximum absolute atomic E-state index is 13.7. The molecule has 364 valence electrons. The Morgan fingerprint density at radius 1 is 0.773 bits per heavy atom. The van der Waals surface area contributed by atoms with E-state index in [1.165, 1.54) is 37.7 Å². The average Bonchev–Trinajstić information content (AvgIpc) is 3.78. The molecule has 2 aromatic carbocycles. The lowest BCUT2D eigenvalue weighted by molar-refractivity contribution is -0.144. The van der Waals surface area contributed by atoms with Gasteiger partial charge in [-0.25, -0.2) is 26.3 Å². The molecule has 2 atom stereocenters. The summed E-state index contributed by atoms with van der Waals surface area (Å²) in [5.41, 5.74) is 19.4. The predicted octanol–water partition coefficient (Wildman–Crippen LogP) is 9.95. The number of carbonyl (C=O) groups is 3. The topological polar surface area (TPSA) is 180 Å². The molecule has 4 aromatic rings. The number of nitrogens with one attached hydrogen (secondary N) is 1. The van der Waals surface area contributed by atoms with E-state index >= 15 is 0 Å². The van der Waals surface area contributed by atoms with Crippen LogP contribution in [0, 0.1) is 28.4 Å². The Kier molecular flexibility index (Phi) is 15.8. The lowest BCUT2D eigenvalue weighted by atomic mass is 9.78. The Bertz CT molecular complexity index is 2440. The zero-order valence-electron chi connectivity index (χ0n) is 38.4. The molecule has 12 nitrogen and oxygen atoms in total. The highest BCUT2D eigenvalue weighted by Gasteiger charge is 2.47. The van der Waals surface area contributed by atoms with Gasteiger partial charge >= 0.3 is 0 Å². The summed E-state index contributed by atoms with van der Waals surface area (Å²) in [5.74, 6) is -8.10. The van der Waals surface area contributed by atoms with Crippen LogP contribution in [0.15, 0.2) is 36.4 Å². The maximum atomic E-state index is 13.7. The summed E-state index contributed by atoms with van der Waals surface area (Å²) in [7, 11) is 1.25. The fourth-order valence-electron chi connectivity index (χ4n) is 8.45. The Hall–Kier alpha value is -4.65. The second kappa shape index (κ2) is 19.9. The smallest absolute Gasteiger partial charge is 0.252 e. The highest BCUT2D eigenvalue weighted by Crippen LogP contribution is 2.45. The molecule has 4 heterocycles. The first-order valence-corrected chi connectivity index (χ1v) is 21.6. The molecule has 7 N–H and O–H groups in total. The van der Waals surface area contributed by atoms with Crippen LogP contribution in [0.2, 0.25) is 10.0 Å². The number of rotatable bonds is 6. The minimum Gasteiger partial charge on any atom is -0.365 e. The molecule has 2 aliphatic heterocycles. The van der Waals surface area contributed by atoms with Gasteiger partial charge in [0.25, 0.3) is 17.7 Å². The fourth-order valence-corrected chi connectivity index (χ4v) is 8.81. The van der Waals surface area contributed by atoms with Crippen LogP contribution < -0.4 is 22.5 Å². The first kappa shape index (κ1) is 52.3. The molecule has 2 saturated carbocycles. The number of halogens is 8. The molecule has 8 rings (SSSR count). The van der Waals surface area contributed by atoms with Gasteiger partial charge in [0.15, 0.2) is 0 Å². The number of nitrogens with zero attached hydrogens (tertiary/aromatic N) is 5. The van der Waals surface area contributed by atoms with Crippen molar-refractivity contribution in [3.8, 4) is 22.5 Å². The van der Waals surface area contributed by atoms with E-state index in [4.69, 9.17) is 41.8 Å². The van der Waals surface area contributed by atoms with E-state index in [2.05, 4.69) is 36.3 Å². The number of primary amides is 2. The first-order chi connectivity index (χ1) is 30.6. The van der Waals surface area contributed by atoms with E-state index in [1.807, 2.05) is 25.5 Å². The summed E-state index contributed by atoms with van der Waals surface area (Å²) in [6.07, 6.45) is -0.767. The lowest BCUT2D eigenvalue weighted by Gasteiger charge is -2.42. The summed E-state index contributed by atoms with van der Waals surface area (Å²) in [6.45, 7) is 14.0. The molecular formula is C46H61Cl2F6N9O3. The molecule has 2 aromatic heterocycles. The minimum atomic E-state index is -2.69. The van der Waals surface area contributed by atoms with E-state index in [0.717, 1.165) is 12.2 Å². The van der Waals surface area contributed by atoms with Gasteiger partial charge in [0.1, 0.15) is 23.0 Å². The van der Waals surface area contributed by atoms with Crippen molar-refractivity contribution >= 4 is 40.9 Å². The van der Waals surface area contributed by atoms with Crippen molar-refractivity contribution in [2.24, 2.45) is 33.9 Å². The number of carbonyl (C=O) groups excluding carboxylic acids is 3. The van der Waals surface area contributed by atoms with Gasteiger partial charge < -0.3 is 27.4 Å². The molecule has 3 amide bonds. The molecular weight excluding hydrogens is 911 g/mol. The first-order valence-electron chi connectivity index (χ1n) is 21.8. The summed E-state index contributed by atoms with van der Waals surface area (Å²) in [5, 5.41) is 12.5. The van der Waals surface area contributed by atoms with Crippen molar-refractivity contribution < 1.29 is 42.1 Å². The highest BCUT2D eigenvalue weighted by molar-refractivity contribution is 6.31. The van der Waals surface area contributed by atoms with Crippen molar-refractivity contribution in [2.75, 3.05) is 13.1 Å². The SMILES string of the molecule is C.CC(C)(C)C1CN(C(=O)CC2CC(F)(F)C2)Cc2c(C(N)=O)c(-c3ccc(F)c(Cl)c3)nn21.CC(C)(C)C1CNCc2c(C(N)=O)c(-c3ccc(F)c(Cl)c3)nn21.NC1CC(F)(F)C1.[2H]C. The van der Waals surface area contributed by atoms with Crippen LogP contribution in [0.3, 0.4) is 0 Å². The zero-order valence-corrected chi connectivity index (χ0v) is 38.9. The maximum Gasteiger partial charge on any atom is 0.252 e. The zero-order chi connectivity index (χ0) is 49.4. The minimum absolute atomic E-state index is 0. The average molecular weight is 974 g/mol. The Morgan fingerprint density at radius 3 is 1.59 bits per heavy atom. The van der Waals surface area contributed by atoms with E-state index in [9.17, 15) is 40.7 Å². The van der Waals surface area contributed by atoms with Gasteiger partial charge in [-0.2, -0.15) is 10.2 Å². The number of aromatic nitrogens is 4. The third kappa shape index (κ3) is 11.7. The molecule has 0 radical (unpaired) electrons. The van der Waals surface area contributed by atoms with Crippen LogP contribution in [0.5, 0.6) is 0 Å². The molecule has 0 saturated heterocycles. The van der Waals surface area contributed by atoms with Crippen LogP contribution >= 0.6 is 23.2 Å². The molecule has 4 aliphatic rings. The van der Waals surface area contributed by atoms with Crippen molar-refractivity contribution in [2.45, 2.75) is 132 Å². The summed E-state index contributed by atoms with van der Waals surface area (Å²) in [4.78, 5) is 39.2. The highest BCUT2D eigenvalue weighted by atomic mass is 35.5. The van der Waals surface area contributed by atoms with Gasteiger partial charge in [0.2, 0.25) is 11.8 Å². The largest absolute Gasteiger partial charge is 0.365 e. The van der Waals surface area contributed by atoms with Crippen molar-refractivity contribution in [1.82, 2.24) is 29.8 Å². The van der Waals surface area contributed by atoms with Crippen LogP contribution in [-0.4, -0.2) is 73.2 Å². The summed E-state index contributed by atoms with van der Waals surface area (Å²) in [6, 6.07) is 7.86. The Balaban J connectivity index is 0.000000251. The van der Waals surface area contributed by atoms with Crippen LogP contribution in [0.1, 0.15) is 134 Å². The van der Waals surface area contributed by atoms with Crippen LogP contribution in [0.4, 0.5) is 26.3 Å². The van der Waals surface area contributed by atoms with Gasteiger partial charge in [-0.1, -0.05) is 79.6 Å². The molecule has 20 heteroatoms. The second-order valence-electron chi connectivity index (χ2n) is 19.2. The molecule has 66 heavy (non-hydrogen) atoms. The predicted molar refractivity (Wildman–Crippen MR) is 244 cm³/mol. The Morgan fingerprint density at radius 2 is 1.21 bits per heavy atom. The quantitative estimate of drug-likeness (QED) is 0.139. The molecule has 2 aliphatic carbocycles. The number of hydrogen-bond acceptors (Lipinski definition) is 7. The molecule has 0 bridgehead atoms. The normalized spacial score (nSPS) is 19.8. The fraction of sp³-hybridized carbons (Fsp3) is 0.543. The van der Waals surface area contributed by atoms with Crippen LogP contribution in [0.25, 0.3) is 22.5 Å². The number of amides is 3. The molecule has 0 spiro atoms. The van der Waals surface area contributed by atoms with Crippen molar-refractivity contribution in [1.29, 1.82) is 0 Å². The number of fused-ring (bicyclic) bond motifs is 2. The standard InChI is InChI=1S/C23H26ClF3N4O2.C17H20ClFN4O.C4H7F2N.2CH4/c1-22(2,3)17-11-30(18(32)6-12-8-23(26,27)9-12)10-16-19(21(28)33)20(29-31(16)17)13-4-5-15(25)14(24)7-13;1-17(2,3)13-8-21-7-12-14(16(20)24)15(22-23(12)13)9-4-5-11(19)10(18)6-9;5-4(6)1-3(7)2-4;;/h4-5,7,12,17H,6,8-11H2,1-3H3,(H2,28,33);4-6,13,21H,7-8H2,1-3H3,(H2,20,24);3H,1-2,7H2;2*1H4/i;;;1D;. The number of hydrogen-bond donors (Lipinski definition) is 4. The van der Waals surface area contributed by atoms with E-state index in [0.29, 0.717) is 41.2 Å². The van der Waals surface area contributed by atoms with Gasteiger partial charge in [0, 0.05) is 70.3 Å². The monoisotopic (exact) mass is 972 g/mol. The van der Waals surface area contributed by atoms with E-state index in [1.54, 1.807) is 15.6 Å². The van der Waals surface area contributed by atoms with Gasteiger partial charge in [0.05, 0.1) is 51.2 Å². The van der Waals surface area contributed by atoms with Crippen molar-refractivity contribution in [3.63, 3.8) is 0 Å². The van der Waals surface area contributed by atoms with Crippen molar-refractivity contribution in [3.05, 3.63) is 80.6 Å². The Labute approximate surface area is 393 Å².